The van der Waals surface area contributed by atoms with Gasteiger partial charge in [0.1, 0.15) is 11.6 Å². The Labute approximate surface area is 131 Å². The van der Waals surface area contributed by atoms with Gasteiger partial charge in [0.05, 0.1) is 5.69 Å². The summed E-state index contributed by atoms with van der Waals surface area (Å²) in [6.07, 6.45) is 3.68. The summed E-state index contributed by atoms with van der Waals surface area (Å²) >= 11 is 0. The van der Waals surface area contributed by atoms with Gasteiger partial charge in [-0.1, -0.05) is 0 Å². The van der Waals surface area contributed by atoms with Crippen molar-refractivity contribution in [2.45, 2.75) is 39.2 Å². The summed E-state index contributed by atoms with van der Waals surface area (Å²) in [4.78, 5) is 25.0. The second kappa shape index (κ2) is 6.60. The first-order valence-corrected chi connectivity index (χ1v) is 8.20. The zero-order valence-corrected chi connectivity index (χ0v) is 13.6. The minimum atomic E-state index is 0.303. The topological polar surface area (TPSA) is 61.4 Å². The number of aryl methyl sites for hydroxylation is 1. The van der Waals surface area contributed by atoms with E-state index in [0.29, 0.717) is 5.91 Å². The largest absolute Gasteiger partial charge is 0.370 e. The van der Waals surface area contributed by atoms with Gasteiger partial charge in [-0.25, -0.2) is 9.97 Å². The molecule has 1 saturated heterocycles. The fourth-order valence-corrected chi connectivity index (χ4v) is 3.24. The SMILES string of the molecule is Cc1nc2c(c(NCCCN3CCCC3=O)n1)CN(C)CC2. The molecule has 6 heteroatoms. The molecular formula is C16H25N5O. The van der Waals surface area contributed by atoms with Crippen LogP contribution >= 0.6 is 0 Å². The number of nitrogens with one attached hydrogen (secondary N) is 1. The van der Waals surface area contributed by atoms with E-state index in [1.54, 1.807) is 0 Å². The lowest BCUT2D eigenvalue weighted by Gasteiger charge is -2.26. The van der Waals surface area contributed by atoms with E-state index < -0.39 is 0 Å². The number of anilines is 1. The Hall–Kier alpha value is -1.69. The van der Waals surface area contributed by atoms with Gasteiger partial charge in [-0.2, -0.15) is 0 Å². The highest BCUT2D eigenvalue weighted by Gasteiger charge is 2.21. The monoisotopic (exact) mass is 303 g/mol. The number of hydrogen-bond acceptors (Lipinski definition) is 5. The fraction of sp³-hybridized carbons (Fsp3) is 0.688. The third-order valence-corrected chi connectivity index (χ3v) is 4.43. The molecule has 1 aromatic heterocycles. The Morgan fingerprint density at radius 3 is 2.86 bits per heavy atom. The summed E-state index contributed by atoms with van der Waals surface area (Å²) in [6.45, 7) is 6.52. The Morgan fingerprint density at radius 2 is 2.09 bits per heavy atom. The highest BCUT2D eigenvalue weighted by atomic mass is 16.2. The van der Waals surface area contributed by atoms with E-state index in [0.717, 1.165) is 70.0 Å². The van der Waals surface area contributed by atoms with Crippen molar-refractivity contribution >= 4 is 11.7 Å². The van der Waals surface area contributed by atoms with E-state index in [2.05, 4.69) is 27.2 Å². The third-order valence-electron chi connectivity index (χ3n) is 4.43. The molecule has 3 heterocycles. The Bertz CT molecular complexity index is 560. The number of fused-ring (bicyclic) bond motifs is 1. The van der Waals surface area contributed by atoms with Crippen LogP contribution in [-0.2, 0) is 17.8 Å². The van der Waals surface area contributed by atoms with Crippen LogP contribution in [0.4, 0.5) is 5.82 Å². The Morgan fingerprint density at radius 1 is 1.23 bits per heavy atom. The molecule has 0 saturated carbocycles. The van der Waals surface area contributed by atoms with Gasteiger partial charge in [0.2, 0.25) is 5.91 Å². The van der Waals surface area contributed by atoms with Crippen LogP contribution in [0.15, 0.2) is 0 Å². The minimum absolute atomic E-state index is 0.303. The number of likely N-dealkylation sites (N-methyl/N-ethyl adjacent to an activating group) is 1. The lowest BCUT2D eigenvalue weighted by Crippen LogP contribution is -2.30. The van der Waals surface area contributed by atoms with Gasteiger partial charge >= 0.3 is 0 Å². The van der Waals surface area contributed by atoms with E-state index in [1.165, 1.54) is 11.3 Å². The number of carbonyl (C=O) groups is 1. The number of nitrogens with zero attached hydrogens (tertiary/aromatic N) is 4. The van der Waals surface area contributed by atoms with E-state index >= 15 is 0 Å². The summed E-state index contributed by atoms with van der Waals surface area (Å²) in [6, 6.07) is 0. The number of amides is 1. The molecule has 2 aliphatic rings. The molecule has 0 radical (unpaired) electrons. The zero-order chi connectivity index (χ0) is 15.5. The molecule has 1 aromatic rings. The number of rotatable bonds is 5. The van der Waals surface area contributed by atoms with E-state index in [9.17, 15) is 4.79 Å². The fourth-order valence-electron chi connectivity index (χ4n) is 3.24. The van der Waals surface area contributed by atoms with Crippen LogP contribution in [0.5, 0.6) is 0 Å². The van der Waals surface area contributed by atoms with Gasteiger partial charge in [0.25, 0.3) is 0 Å². The quantitative estimate of drug-likeness (QED) is 0.828. The first-order chi connectivity index (χ1) is 10.6. The van der Waals surface area contributed by atoms with Crippen molar-refractivity contribution < 1.29 is 4.79 Å². The molecule has 1 fully saturated rings. The van der Waals surface area contributed by atoms with E-state index in [1.807, 2.05) is 11.8 Å². The molecule has 0 spiro atoms. The van der Waals surface area contributed by atoms with Crippen LogP contribution < -0.4 is 5.32 Å². The molecule has 0 aliphatic carbocycles. The van der Waals surface area contributed by atoms with Crippen LogP contribution in [0.25, 0.3) is 0 Å². The standard InChI is InChI=1S/C16H25N5O/c1-12-18-14-6-10-20(2)11-13(14)16(19-12)17-7-4-9-21-8-3-5-15(21)22/h3-11H2,1-2H3,(H,17,18,19). The molecular weight excluding hydrogens is 278 g/mol. The predicted molar refractivity (Wildman–Crippen MR) is 85.7 cm³/mol. The molecule has 6 nitrogen and oxygen atoms in total. The van der Waals surface area contributed by atoms with Crippen molar-refractivity contribution in [2.24, 2.45) is 0 Å². The summed E-state index contributed by atoms with van der Waals surface area (Å²) in [7, 11) is 2.13. The van der Waals surface area contributed by atoms with Crippen molar-refractivity contribution in [3.63, 3.8) is 0 Å². The maximum Gasteiger partial charge on any atom is 0.222 e. The van der Waals surface area contributed by atoms with E-state index in [4.69, 9.17) is 0 Å². The first-order valence-electron chi connectivity index (χ1n) is 8.20. The van der Waals surface area contributed by atoms with Crippen LogP contribution in [0, 0.1) is 6.92 Å². The molecule has 120 valence electrons. The van der Waals surface area contributed by atoms with Gasteiger partial charge in [0, 0.05) is 51.1 Å². The summed E-state index contributed by atoms with van der Waals surface area (Å²) < 4.78 is 0. The lowest BCUT2D eigenvalue weighted by atomic mass is 10.1. The first kappa shape index (κ1) is 15.2. The van der Waals surface area contributed by atoms with Gasteiger partial charge in [-0.15, -0.1) is 0 Å². The molecule has 1 amide bonds. The van der Waals surface area contributed by atoms with Crippen LogP contribution in [-0.4, -0.2) is 58.9 Å². The molecule has 0 atom stereocenters. The van der Waals surface area contributed by atoms with Crippen molar-refractivity contribution in [3.05, 3.63) is 17.1 Å². The minimum Gasteiger partial charge on any atom is -0.370 e. The maximum absolute atomic E-state index is 11.6. The summed E-state index contributed by atoms with van der Waals surface area (Å²) in [5.41, 5.74) is 2.42. The number of aromatic nitrogens is 2. The highest BCUT2D eigenvalue weighted by Crippen LogP contribution is 2.23. The van der Waals surface area contributed by atoms with Gasteiger partial charge < -0.3 is 15.1 Å². The zero-order valence-electron chi connectivity index (χ0n) is 13.6. The van der Waals surface area contributed by atoms with Gasteiger partial charge in [0.15, 0.2) is 0 Å². The second-order valence-corrected chi connectivity index (χ2v) is 6.30. The average Bonchev–Trinajstić information content (AvgIpc) is 2.89. The van der Waals surface area contributed by atoms with E-state index in [-0.39, 0.29) is 0 Å². The summed E-state index contributed by atoms with van der Waals surface area (Å²) in [5.74, 6) is 2.11. The van der Waals surface area contributed by atoms with Gasteiger partial charge in [-0.3, -0.25) is 4.79 Å². The molecule has 3 rings (SSSR count). The van der Waals surface area contributed by atoms with Crippen LogP contribution in [0.3, 0.4) is 0 Å². The molecule has 0 bridgehead atoms. The number of carbonyl (C=O) groups excluding carboxylic acids is 1. The highest BCUT2D eigenvalue weighted by molar-refractivity contribution is 5.78. The normalized spacial score (nSPS) is 18.6. The van der Waals surface area contributed by atoms with Crippen molar-refractivity contribution in [3.8, 4) is 0 Å². The smallest absolute Gasteiger partial charge is 0.222 e. The Kier molecular flexibility index (Phi) is 4.57. The molecule has 0 unspecified atom stereocenters. The van der Waals surface area contributed by atoms with Crippen LogP contribution in [0.2, 0.25) is 0 Å². The second-order valence-electron chi connectivity index (χ2n) is 6.30. The van der Waals surface area contributed by atoms with Crippen molar-refractivity contribution in [1.82, 2.24) is 19.8 Å². The molecule has 22 heavy (non-hydrogen) atoms. The predicted octanol–water partition coefficient (Wildman–Crippen LogP) is 1.20. The molecule has 2 aliphatic heterocycles. The molecule has 0 aromatic carbocycles. The lowest BCUT2D eigenvalue weighted by molar-refractivity contribution is -0.127. The number of hydrogen-bond donors (Lipinski definition) is 1. The maximum atomic E-state index is 11.6. The van der Waals surface area contributed by atoms with Crippen LogP contribution in [0.1, 0.15) is 36.3 Å². The van der Waals surface area contributed by atoms with Gasteiger partial charge in [-0.05, 0) is 26.8 Å². The Balaban J connectivity index is 1.58. The average molecular weight is 303 g/mol. The molecule has 1 N–H and O–H groups in total. The van der Waals surface area contributed by atoms with Crippen molar-refractivity contribution in [1.29, 1.82) is 0 Å². The summed E-state index contributed by atoms with van der Waals surface area (Å²) in [5, 5.41) is 3.46. The van der Waals surface area contributed by atoms with Crippen molar-refractivity contribution in [2.75, 3.05) is 38.5 Å². The number of likely N-dealkylation sites (tertiary alicyclic amines) is 1. The third kappa shape index (κ3) is 3.38.